The third kappa shape index (κ3) is 4.80. The number of hydrogen-bond donors (Lipinski definition) is 0. The van der Waals surface area contributed by atoms with Gasteiger partial charge in [-0.25, -0.2) is 8.42 Å². The molecule has 1 aliphatic heterocycles. The van der Waals surface area contributed by atoms with E-state index in [1.165, 1.54) is 4.31 Å². The normalized spacial score (nSPS) is 19.4. The van der Waals surface area contributed by atoms with Crippen molar-refractivity contribution in [1.82, 2.24) is 4.31 Å². The monoisotopic (exact) mass is 417 g/mol. The van der Waals surface area contributed by atoms with Gasteiger partial charge in [-0.3, -0.25) is 4.79 Å². The van der Waals surface area contributed by atoms with E-state index in [9.17, 15) is 13.2 Å². The van der Waals surface area contributed by atoms with Crippen LogP contribution in [0.4, 0.5) is 0 Å². The SMILES string of the molecule is CC(C)(C)OC(=O)CC[C@H]1CCCN1S(=O)(=O)c1ccccc1Br. The van der Waals surface area contributed by atoms with Gasteiger partial charge in [0.25, 0.3) is 0 Å². The maximum Gasteiger partial charge on any atom is 0.306 e. The van der Waals surface area contributed by atoms with Crippen LogP contribution in [0.5, 0.6) is 0 Å². The molecule has 0 saturated carbocycles. The van der Waals surface area contributed by atoms with Gasteiger partial charge in [0.05, 0.1) is 4.90 Å². The van der Waals surface area contributed by atoms with E-state index >= 15 is 0 Å². The Balaban J connectivity index is 2.08. The summed E-state index contributed by atoms with van der Waals surface area (Å²) in [4.78, 5) is 12.2. The van der Waals surface area contributed by atoms with Crippen molar-refractivity contribution in [2.24, 2.45) is 0 Å². The van der Waals surface area contributed by atoms with E-state index in [0.29, 0.717) is 17.4 Å². The van der Waals surface area contributed by atoms with Gasteiger partial charge in [-0.1, -0.05) is 12.1 Å². The number of esters is 1. The highest BCUT2D eigenvalue weighted by molar-refractivity contribution is 9.10. The van der Waals surface area contributed by atoms with Crippen molar-refractivity contribution < 1.29 is 17.9 Å². The Morgan fingerprint density at radius 1 is 1.33 bits per heavy atom. The highest BCUT2D eigenvalue weighted by atomic mass is 79.9. The Labute approximate surface area is 152 Å². The van der Waals surface area contributed by atoms with E-state index in [1.807, 2.05) is 20.8 Å². The number of nitrogens with zero attached hydrogens (tertiary/aromatic N) is 1. The summed E-state index contributed by atoms with van der Waals surface area (Å²) >= 11 is 3.31. The largest absolute Gasteiger partial charge is 0.460 e. The average molecular weight is 418 g/mol. The first-order chi connectivity index (χ1) is 11.1. The maximum absolute atomic E-state index is 12.9. The first kappa shape index (κ1) is 19.4. The molecule has 0 spiro atoms. The molecule has 0 unspecified atom stereocenters. The molecule has 1 atom stereocenters. The highest BCUT2D eigenvalue weighted by Gasteiger charge is 2.36. The number of halogens is 1. The fourth-order valence-corrected chi connectivity index (χ4v) is 5.56. The molecule has 2 rings (SSSR count). The lowest BCUT2D eigenvalue weighted by Gasteiger charge is -2.25. The average Bonchev–Trinajstić information content (AvgIpc) is 2.93. The molecule has 1 fully saturated rings. The predicted molar refractivity (Wildman–Crippen MR) is 96.1 cm³/mol. The molecule has 1 aromatic rings. The van der Waals surface area contributed by atoms with Gasteiger partial charge in [0.2, 0.25) is 10.0 Å². The number of carbonyl (C=O) groups is 1. The van der Waals surface area contributed by atoms with E-state index in [4.69, 9.17) is 4.74 Å². The van der Waals surface area contributed by atoms with Crippen LogP contribution in [-0.2, 0) is 19.6 Å². The molecule has 0 aliphatic carbocycles. The Morgan fingerprint density at radius 2 is 2.00 bits per heavy atom. The van der Waals surface area contributed by atoms with E-state index in [0.717, 1.165) is 12.8 Å². The van der Waals surface area contributed by atoms with E-state index in [2.05, 4.69) is 15.9 Å². The summed E-state index contributed by atoms with van der Waals surface area (Å²) in [6, 6.07) is 6.66. The number of carbonyl (C=O) groups excluding carboxylic acids is 1. The van der Waals surface area contributed by atoms with Crippen molar-refractivity contribution in [2.45, 2.75) is 63.0 Å². The molecule has 5 nitrogen and oxygen atoms in total. The van der Waals surface area contributed by atoms with E-state index < -0.39 is 15.6 Å². The van der Waals surface area contributed by atoms with Crippen LogP contribution < -0.4 is 0 Å². The van der Waals surface area contributed by atoms with Crippen LogP contribution in [0.1, 0.15) is 46.5 Å². The molecule has 7 heteroatoms. The van der Waals surface area contributed by atoms with Crippen LogP contribution in [0.3, 0.4) is 0 Å². The second-order valence-electron chi connectivity index (χ2n) is 6.97. The lowest BCUT2D eigenvalue weighted by Crippen LogP contribution is -2.36. The minimum Gasteiger partial charge on any atom is -0.460 e. The quantitative estimate of drug-likeness (QED) is 0.684. The molecule has 1 saturated heterocycles. The van der Waals surface area contributed by atoms with Crippen LogP contribution in [-0.4, -0.2) is 36.9 Å². The first-order valence-electron chi connectivity index (χ1n) is 8.09. The Kier molecular flexibility index (Phi) is 6.09. The Morgan fingerprint density at radius 3 is 2.62 bits per heavy atom. The fraction of sp³-hybridized carbons (Fsp3) is 0.588. The topological polar surface area (TPSA) is 63.7 Å². The molecule has 134 valence electrons. The molecule has 0 bridgehead atoms. The van der Waals surface area contributed by atoms with Crippen LogP contribution in [0.15, 0.2) is 33.6 Å². The molecule has 0 aromatic heterocycles. The maximum atomic E-state index is 12.9. The summed E-state index contributed by atoms with van der Waals surface area (Å²) in [5.74, 6) is -0.285. The smallest absolute Gasteiger partial charge is 0.306 e. The van der Waals surface area contributed by atoms with Crippen LogP contribution in [0, 0.1) is 0 Å². The zero-order chi connectivity index (χ0) is 18.0. The van der Waals surface area contributed by atoms with Crippen molar-refractivity contribution in [2.75, 3.05) is 6.54 Å². The van der Waals surface area contributed by atoms with Gasteiger partial charge in [-0.05, 0) is 68.1 Å². The van der Waals surface area contributed by atoms with Gasteiger partial charge in [-0.15, -0.1) is 0 Å². The van der Waals surface area contributed by atoms with Gasteiger partial charge >= 0.3 is 5.97 Å². The van der Waals surface area contributed by atoms with Crippen LogP contribution in [0.2, 0.25) is 0 Å². The van der Waals surface area contributed by atoms with Crippen molar-refractivity contribution in [3.05, 3.63) is 28.7 Å². The third-order valence-corrected chi connectivity index (χ3v) is 6.81. The number of benzene rings is 1. The van der Waals surface area contributed by atoms with Crippen molar-refractivity contribution in [3.63, 3.8) is 0 Å². The second-order valence-corrected chi connectivity index (χ2v) is 9.68. The predicted octanol–water partition coefficient (Wildman–Crippen LogP) is 3.72. The highest BCUT2D eigenvalue weighted by Crippen LogP contribution is 2.32. The zero-order valence-corrected chi connectivity index (χ0v) is 16.7. The van der Waals surface area contributed by atoms with Gasteiger partial charge in [0.1, 0.15) is 5.60 Å². The van der Waals surface area contributed by atoms with Gasteiger partial charge in [-0.2, -0.15) is 4.31 Å². The van der Waals surface area contributed by atoms with Crippen molar-refractivity contribution in [3.8, 4) is 0 Å². The lowest BCUT2D eigenvalue weighted by molar-refractivity contribution is -0.155. The summed E-state index contributed by atoms with van der Waals surface area (Å²) in [7, 11) is -3.57. The fourth-order valence-electron chi connectivity index (χ4n) is 2.87. The minimum absolute atomic E-state index is 0.158. The second kappa shape index (κ2) is 7.54. The van der Waals surface area contributed by atoms with Gasteiger partial charge < -0.3 is 4.74 Å². The number of sulfonamides is 1. The summed E-state index contributed by atoms with van der Waals surface area (Å²) in [6.07, 6.45) is 2.29. The molecule has 24 heavy (non-hydrogen) atoms. The van der Waals surface area contributed by atoms with E-state index in [-0.39, 0.29) is 23.3 Å². The van der Waals surface area contributed by atoms with Crippen LogP contribution >= 0.6 is 15.9 Å². The standard InChI is InChI=1S/C17H24BrNO4S/c1-17(2,3)23-16(20)11-10-13-7-6-12-19(13)24(21,22)15-9-5-4-8-14(15)18/h4-5,8-9,13H,6-7,10-12H2,1-3H3/t13-/m1/s1. The molecule has 0 radical (unpaired) electrons. The first-order valence-corrected chi connectivity index (χ1v) is 10.3. The number of hydrogen-bond acceptors (Lipinski definition) is 4. The zero-order valence-electron chi connectivity index (χ0n) is 14.3. The van der Waals surface area contributed by atoms with Crippen molar-refractivity contribution in [1.29, 1.82) is 0 Å². The molecule has 1 aromatic carbocycles. The molecular formula is C17H24BrNO4S. The van der Waals surface area contributed by atoms with Gasteiger partial charge in [0.15, 0.2) is 0 Å². The molecule has 0 amide bonds. The number of rotatable bonds is 5. The summed E-state index contributed by atoms with van der Waals surface area (Å²) in [5.41, 5.74) is -0.520. The third-order valence-electron chi connectivity index (χ3n) is 3.85. The summed E-state index contributed by atoms with van der Waals surface area (Å²) in [6.45, 7) is 5.96. The summed E-state index contributed by atoms with van der Waals surface area (Å²) in [5, 5.41) is 0. The van der Waals surface area contributed by atoms with Crippen LogP contribution in [0.25, 0.3) is 0 Å². The minimum atomic E-state index is -3.57. The van der Waals surface area contributed by atoms with E-state index in [1.54, 1.807) is 24.3 Å². The molecule has 1 heterocycles. The Hall–Kier alpha value is -0.920. The molecular weight excluding hydrogens is 394 g/mol. The number of ether oxygens (including phenoxy) is 1. The van der Waals surface area contributed by atoms with Gasteiger partial charge in [0, 0.05) is 23.5 Å². The molecule has 0 N–H and O–H groups in total. The van der Waals surface area contributed by atoms with Crippen molar-refractivity contribution >= 4 is 31.9 Å². The summed E-state index contributed by atoms with van der Waals surface area (Å²) < 4.78 is 33.2. The Bertz CT molecular complexity index is 697. The molecule has 1 aliphatic rings. The lowest BCUT2D eigenvalue weighted by atomic mass is 10.1.